The predicted molar refractivity (Wildman–Crippen MR) is 96.6 cm³/mol. The van der Waals surface area contributed by atoms with Gasteiger partial charge in [0.15, 0.2) is 5.16 Å². The highest BCUT2D eigenvalue weighted by molar-refractivity contribution is 8.00. The molecule has 1 atom stereocenters. The summed E-state index contributed by atoms with van der Waals surface area (Å²) in [7, 11) is 0. The number of carbonyl (C=O) groups is 2. The molecule has 2 amide bonds. The molecule has 4 rings (SSSR count). The Morgan fingerprint density at radius 2 is 1.84 bits per heavy atom. The summed E-state index contributed by atoms with van der Waals surface area (Å²) in [6.45, 7) is 2.01. The van der Waals surface area contributed by atoms with Crippen LogP contribution in [0.1, 0.15) is 36.2 Å². The molecule has 6 heteroatoms. The number of thioether (sulfide) groups is 1. The van der Waals surface area contributed by atoms with Crippen molar-refractivity contribution in [1.29, 1.82) is 0 Å². The summed E-state index contributed by atoms with van der Waals surface area (Å²) < 4.78 is 0. The number of aryl methyl sites for hydroxylation is 2. The fourth-order valence-electron chi connectivity index (χ4n) is 3.48. The highest BCUT2D eigenvalue weighted by atomic mass is 32.2. The average Bonchev–Trinajstić information content (AvgIpc) is 2.89. The lowest BCUT2D eigenvalue weighted by Gasteiger charge is -2.18. The van der Waals surface area contributed by atoms with E-state index in [2.05, 4.69) is 9.97 Å². The van der Waals surface area contributed by atoms with Gasteiger partial charge in [-0.3, -0.25) is 9.59 Å². The minimum Gasteiger partial charge on any atom is -0.274 e. The molecule has 0 N–H and O–H groups in total. The van der Waals surface area contributed by atoms with Crippen molar-refractivity contribution in [3.8, 4) is 0 Å². The van der Waals surface area contributed by atoms with Crippen LogP contribution in [0.15, 0.2) is 35.5 Å². The summed E-state index contributed by atoms with van der Waals surface area (Å²) in [5.41, 5.74) is 4.00. The summed E-state index contributed by atoms with van der Waals surface area (Å²) in [6.07, 6.45) is 4.54. The smallest absolute Gasteiger partial charge is 0.247 e. The topological polar surface area (TPSA) is 63.2 Å². The molecule has 25 heavy (non-hydrogen) atoms. The summed E-state index contributed by atoms with van der Waals surface area (Å²) >= 11 is 1.31. The minimum absolute atomic E-state index is 0.164. The van der Waals surface area contributed by atoms with Crippen LogP contribution >= 0.6 is 11.8 Å². The first-order chi connectivity index (χ1) is 12.1. The number of hydrogen-bond acceptors (Lipinski definition) is 5. The standard InChI is InChI=1S/C19H19N3O2S/c1-12-14-9-5-6-10-15(14)21-19(20-12)25-16-11-17(23)22(18(16)24)13-7-3-2-4-8-13/h2-4,7-8,16H,5-6,9-11H2,1H3/t16-/m0/s1. The maximum absolute atomic E-state index is 12.7. The minimum atomic E-state index is -0.450. The lowest BCUT2D eigenvalue weighted by molar-refractivity contribution is -0.121. The second-order valence-corrected chi connectivity index (χ2v) is 7.61. The van der Waals surface area contributed by atoms with Crippen LogP contribution < -0.4 is 4.90 Å². The Kier molecular flexibility index (Phi) is 4.29. The third-order valence-electron chi connectivity index (χ3n) is 4.74. The molecule has 0 radical (unpaired) electrons. The number of imide groups is 1. The molecule has 5 nitrogen and oxygen atoms in total. The molecule has 0 saturated carbocycles. The van der Waals surface area contributed by atoms with Crippen LogP contribution in [-0.2, 0) is 22.4 Å². The van der Waals surface area contributed by atoms with Gasteiger partial charge in [0.2, 0.25) is 11.8 Å². The van der Waals surface area contributed by atoms with E-state index in [9.17, 15) is 9.59 Å². The van der Waals surface area contributed by atoms with Crippen molar-refractivity contribution in [1.82, 2.24) is 9.97 Å². The van der Waals surface area contributed by atoms with E-state index in [1.165, 1.54) is 28.6 Å². The van der Waals surface area contributed by atoms with Crippen molar-refractivity contribution in [2.75, 3.05) is 4.90 Å². The monoisotopic (exact) mass is 353 g/mol. The molecule has 1 aromatic carbocycles. The fourth-order valence-corrected chi connectivity index (χ4v) is 4.52. The second kappa shape index (κ2) is 6.59. The van der Waals surface area contributed by atoms with E-state index in [0.717, 1.165) is 30.7 Å². The van der Waals surface area contributed by atoms with Crippen molar-refractivity contribution < 1.29 is 9.59 Å². The summed E-state index contributed by atoms with van der Waals surface area (Å²) in [5, 5.41) is 0.160. The van der Waals surface area contributed by atoms with Gasteiger partial charge in [-0.05, 0) is 50.3 Å². The lowest BCUT2D eigenvalue weighted by Crippen LogP contribution is -2.31. The molecular formula is C19H19N3O2S. The first-order valence-corrected chi connectivity index (χ1v) is 9.46. The number of amides is 2. The average molecular weight is 353 g/mol. The number of carbonyl (C=O) groups excluding carboxylic acids is 2. The number of hydrogen-bond donors (Lipinski definition) is 0. The van der Waals surface area contributed by atoms with Gasteiger partial charge in [-0.2, -0.15) is 0 Å². The zero-order chi connectivity index (χ0) is 17.4. The number of fused-ring (bicyclic) bond motifs is 1. The maximum Gasteiger partial charge on any atom is 0.247 e. The van der Waals surface area contributed by atoms with Gasteiger partial charge in [-0.15, -0.1) is 0 Å². The van der Waals surface area contributed by atoms with Crippen LogP contribution in [0.2, 0.25) is 0 Å². The van der Waals surface area contributed by atoms with Crippen LogP contribution in [0.4, 0.5) is 5.69 Å². The highest BCUT2D eigenvalue weighted by Crippen LogP contribution is 2.33. The molecule has 1 saturated heterocycles. The Morgan fingerprint density at radius 1 is 1.08 bits per heavy atom. The van der Waals surface area contributed by atoms with E-state index >= 15 is 0 Å². The van der Waals surface area contributed by atoms with Gasteiger partial charge in [-0.25, -0.2) is 14.9 Å². The van der Waals surface area contributed by atoms with Gasteiger partial charge in [-0.1, -0.05) is 30.0 Å². The van der Waals surface area contributed by atoms with Crippen molar-refractivity contribution >= 4 is 29.3 Å². The molecule has 128 valence electrons. The van der Waals surface area contributed by atoms with Crippen LogP contribution in [-0.4, -0.2) is 27.0 Å². The van der Waals surface area contributed by atoms with E-state index in [0.29, 0.717) is 10.8 Å². The Labute approximate surface area is 150 Å². The van der Waals surface area contributed by atoms with Gasteiger partial charge >= 0.3 is 0 Å². The molecule has 1 fully saturated rings. The highest BCUT2D eigenvalue weighted by Gasteiger charge is 2.40. The van der Waals surface area contributed by atoms with Crippen LogP contribution in [0, 0.1) is 6.92 Å². The van der Waals surface area contributed by atoms with Crippen molar-refractivity contribution in [3.63, 3.8) is 0 Å². The van der Waals surface area contributed by atoms with Crippen LogP contribution in [0.3, 0.4) is 0 Å². The van der Waals surface area contributed by atoms with Gasteiger partial charge in [0.05, 0.1) is 5.69 Å². The zero-order valence-electron chi connectivity index (χ0n) is 14.1. The second-order valence-electron chi connectivity index (χ2n) is 6.44. The van der Waals surface area contributed by atoms with Crippen molar-refractivity contribution in [2.24, 2.45) is 0 Å². The number of aromatic nitrogens is 2. The molecule has 2 aromatic rings. The van der Waals surface area contributed by atoms with E-state index < -0.39 is 5.25 Å². The lowest BCUT2D eigenvalue weighted by atomic mass is 9.95. The number of para-hydroxylation sites is 1. The van der Waals surface area contributed by atoms with Crippen molar-refractivity contribution in [3.05, 3.63) is 47.3 Å². The first kappa shape index (κ1) is 16.3. The zero-order valence-corrected chi connectivity index (χ0v) is 14.9. The molecule has 0 bridgehead atoms. The summed E-state index contributed by atoms with van der Waals surface area (Å²) in [4.78, 5) is 35.6. The van der Waals surface area contributed by atoms with E-state index in [1.807, 2.05) is 25.1 Å². The molecule has 1 aliphatic carbocycles. The predicted octanol–water partition coefficient (Wildman–Crippen LogP) is 3.09. The summed E-state index contributed by atoms with van der Waals surface area (Å²) in [5.74, 6) is -0.344. The largest absolute Gasteiger partial charge is 0.274 e. The Bertz CT molecular complexity index is 838. The Balaban J connectivity index is 1.57. The number of rotatable bonds is 3. The molecule has 2 heterocycles. The molecule has 0 unspecified atom stereocenters. The molecule has 1 aromatic heterocycles. The van der Waals surface area contributed by atoms with Gasteiger partial charge in [0.25, 0.3) is 0 Å². The van der Waals surface area contributed by atoms with Gasteiger partial charge in [0, 0.05) is 17.8 Å². The first-order valence-electron chi connectivity index (χ1n) is 8.58. The van der Waals surface area contributed by atoms with E-state index in [4.69, 9.17) is 0 Å². The van der Waals surface area contributed by atoms with Gasteiger partial charge < -0.3 is 0 Å². The van der Waals surface area contributed by atoms with Gasteiger partial charge in [0.1, 0.15) is 5.25 Å². The fraction of sp³-hybridized carbons (Fsp3) is 0.368. The SMILES string of the molecule is Cc1nc(S[C@H]2CC(=O)N(c3ccccc3)C2=O)nc2c1CCCC2. The van der Waals surface area contributed by atoms with E-state index in [1.54, 1.807) is 12.1 Å². The number of anilines is 1. The van der Waals surface area contributed by atoms with E-state index in [-0.39, 0.29) is 18.2 Å². The molecule has 1 aliphatic heterocycles. The van der Waals surface area contributed by atoms with Crippen LogP contribution in [0.5, 0.6) is 0 Å². The molecule has 2 aliphatic rings. The Morgan fingerprint density at radius 3 is 2.64 bits per heavy atom. The number of nitrogens with zero attached hydrogens (tertiary/aromatic N) is 3. The third-order valence-corrected chi connectivity index (χ3v) is 5.78. The normalized spacial score (nSPS) is 20.0. The summed E-state index contributed by atoms with van der Waals surface area (Å²) in [6, 6.07) is 9.08. The molecular weight excluding hydrogens is 334 g/mol. The van der Waals surface area contributed by atoms with Crippen LogP contribution in [0.25, 0.3) is 0 Å². The maximum atomic E-state index is 12.7. The Hall–Kier alpha value is -2.21. The quantitative estimate of drug-likeness (QED) is 0.627. The number of benzene rings is 1. The third kappa shape index (κ3) is 3.06. The molecule has 0 spiro atoms. The van der Waals surface area contributed by atoms with Crippen molar-refractivity contribution in [2.45, 2.75) is 49.4 Å².